The maximum Gasteiger partial charge on any atom is 0.410 e. The molecule has 1 saturated heterocycles. The Hall–Kier alpha value is -2.84. The monoisotopic (exact) mass is 502 g/mol. The van der Waals surface area contributed by atoms with E-state index in [0.717, 1.165) is 50.0 Å². The average molecular weight is 503 g/mol. The second-order valence-corrected chi connectivity index (χ2v) is 9.00. The van der Waals surface area contributed by atoms with Crippen LogP contribution in [0.3, 0.4) is 0 Å². The molecule has 2 aromatic rings. The van der Waals surface area contributed by atoms with Crippen LogP contribution in [-0.2, 0) is 22.6 Å². The van der Waals surface area contributed by atoms with Gasteiger partial charge in [-0.15, -0.1) is 12.4 Å². The number of nitrogens with one attached hydrogen (secondary N) is 1. The van der Waals surface area contributed by atoms with Gasteiger partial charge in [0.2, 0.25) is 0 Å². The zero-order valence-corrected chi connectivity index (χ0v) is 20.8. The van der Waals surface area contributed by atoms with E-state index in [-0.39, 0.29) is 30.7 Å². The van der Waals surface area contributed by atoms with E-state index in [4.69, 9.17) is 9.47 Å². The zero-order valence-electron chi connectivity index (χ0n) is 20.0. The molecule has 0 unspecified atom stereocenters. The average Bonchev–Trinajstić information content (AvgIpc) is 2.89. The summed E-state index contributed by atoms with van der Waals surface area (Å²) in [5, 5.41) is 3.23. The molecule has 1 aliphatic carbocycles. The fraction of sp³-hybridized carbons (Fsp3) is 0.500. The van der Waals surface area contributed by atoms with Crippen molar-refractivity contribution in [1.29, 1.82) is 0 Å². The van der Waals surface area contributed by atoms with E-state index < -0.39 is 0 Å². The van der Waals surface area contributed by atoms with Crippen LogP contribution in [0.15, 0.2) is 54.7 Å². The Morgan fingerprint density at radius 2 is 1.69 bits per heavy atom. The molecule has 2 aliphatic rings. The van der Waals surface area contributed by atoms with Crippen LogP contribution in [0.2, 0.25) is 0 Å². The van der Waals surface area contributed by atoms with Crippen LogP contribution in [0.1, 0.15) is 36.9 Å². The second kappa shape index (κ2) is 13.9. The van der Waals surface area contributed by atoms with Crippen molar-refractivity contribution in [3.05, 3.63) is 66.0 Å². The van der Waals surface area contributed by atoms with Gasteiger partial charge in [0, 0.05) is 38.9 Å². The number of ether oxygens (including phenoxy) is 2. The summed E-state index contributed by atoms with van der Waals surface area (Å²) in [7, 11) is 0. The van der Waals surface area contributed by atoms with Crippen LogP contribution in [0.4, 0.5) is 9.59 Å². The van der Waals surface area contributed by atoms with Crippen LogP contribution in [-0.4, -0.2) is 65.9 Å². The van der Waals surface area contributed by atoms with Gasteiger partial charge in [-0.1, -0.05) is 36.4 Å². The fourth-order valence-corrected chi connectivity index (χ4v) is 4.44. The summed E-state index contributed by atoms with van der Waals surface area (Å²) in [5.41, 5.74) is 1.87. The van der Waals surface area contributed by atoms with Crippen LogP contribution in [0.25, 0.3) is 0 Å². The number of piperazine rings is 1. The van der Waals surface area contributed by atoms with Crippen molar-refractivity contribution >= 4 is 24.6 Å². The first-order valence-electron chi connectivity index (χ1n) is 12.2. The van der Waals surface area contributed by atoms with Gasteiger partial charge in [-0.2, -0.15) is 0 Å². The van der Waals surface area contributed by atoms with E-state index in [1.165, 1.54) is 0 Å². The highest BCUT2D eigenvalue weighted by atomic mass is 35.5. The molecule has 0 bridgehead atoms. The van der Waals surface area contributed by atoms with Crippen molar-refractivity contribution in [3.63, 3.8) is 0 Å². The van der Waals surface area contributed by atoms with Gasteiger partial charge < -0.3 is 19.7 Å². The van der Waals surface area contributed by atoms with Crippen LogP contribution in [0.5, 0.6) is 0 Å². The van der Waals surface area contributed by atoms with E-state index in [2.05, 4.69) is 10.3 Å². The lowest BCUT2D eigenvalue weighted by atomic mass is 9.88. The van der Waals surface area contributed by atoms with E-state index in [0.29, 0.717) is 38.7 Å². The summed E-state index contributed by atoms with van der Waals surface area (Å²) in [6, 6.07) is 15.6. The molecule has 1 N–H and O–H groups in total. The van der Waals surface area contributed by atoms with Crippen molar-refractivity contribution < 1.29 is 19.1 Å². The summed E-state index contributed by atoms with van der Waals surface area (Å²) in [4.78, 5) is 33.1. The minimum atomic E-state index is -0.317. The quantitative estimate of drug-likeness (QED) is 0.609. The highest BCUT2D eigenvalue weighted by molar-refractivity contribution is 5.85. The largest absolute Gasteiger partial charge is 0.449 e. The molecule has 0 spiro atoms. The smallest absolute Gasteiger partial charge is 0.410 e. The molecule has 1 aromatic carbocycles. The first-order chi connectivity index (χ1) is 16.7. The number of benzene rings is 1. The Balaban J connectivity index is 0.00000342. The van der Waals surface area contributed by atoms with E-state index in [1.54, 1.807) is 16.0 Å². The van der Waals surface area contributed by atoms with Crippen LogP contribution < -0.4 is 5.32 Å². The predicted molar refractivity (Wildman–Crippen MR) is 135 cm³/mol. The summed E-state index contributed by atoms with van der Waals surface area (Å²) in [6.07, 6.45) is 4.41. The number of carbonyl (C=O) groups excluding carboxylic acids is 2. The molecule has 0 radical (unpaired) electrons. The molecule has 2 fully saturated rings. The molecular weight excluding hydrogens is 468 g/mol. The van der Waals surface area contributed by atoms with Gasteiger partial charge in [0.25, 0.3) is 0 Å². The topological polar surface area (TPSA) is 84.0 Å². The lowest BCUT2D eigenvalue weighted by molar-refractivity contribution is 0.0230. The fourth-order valence-electron chi connectivity index (χ4n) is 4.44. The Morgan fingerprint density at radius 3 is 2.37 bits per heavy atom. The maximum atomic E-state index is 13.1. The lowest BCUT2D eigenvalue weighted by Crippen LogP contribution is -2.46. The number of pyridine rings is 1. The molecule has 35 heavy (non-hydrogen) atoms. The Labute approximate surface area is 213 Å². The number of aromatic nitrogens is 1. The summed E-state index contributed by atoms with van der Waals surface area (Å²) >= 11 is 0. The number of hydrogen-bond acceptors (Lipinski definition) is 6. The predicted octanol–water partition coefficient (Wildman–Crippen LogP) is 4.24. The minimum Gasteiger partial charge on any atom is -0.449 e. The Kier molecular flexibility index (Phi) is 10.6. The number of rotatable bonds is 7. The number of nitrogens with zero attached hydrogens (tertiary/aromatic N) is 3. The second-order valence-electron chi connectivity index (χ2n) is 9.00. The third-order valence-corrected chi connectivity index (χ3v) is 6.43. The molecule has 1 aliphatic heterocycles. The number of carbonyl (C=O) groups is 2. The maximum absolute atomic E-state index is 13.1. The van der Waals surface area contributed by atoms with Crippen molar-refractivity contribution in [2.75, 3.05) is 32.8 Å². The third kappa shape index (κ3) is 8.40. The van der Waals surface area contributed by atoms with Crippen LogP contribution >= 0.6 is 12.4 Å². The molecule has 190 valence electrons. The van der Waals surface area contributed by atoms with Crippen molar-refractivity contribution in [3.8, 4) is 0 Å². The SMILES string of the molecule is Cl.O=C(OCC1CCC(OC(=O)N(Cc2ccccc2)Cc2ccccn2)CC1)N1CCNCC1. The van der Waals surface area contributed by atoms with Gasteiger partial charge in [-0.3, -0.25) is 9.88 Å². The zero-order chi connectivity index (χ0) is 23.6. The highest BCUT2D eigenvalue weighted by Gasteiger charge is 2.28. The van der Waals surface area contributed by atoms with Gasteiger partial charge in [-0.05, 0) is 49.3 Å². The molecule has 1 aromatic heterocycles. The third-order valence-electron chi connectivity index (χ3n) is 6.43. The first-order valence-corrected chi connectivity index (χ1v) is 12.2. The van der Waals surface area contributed by atoms with E-state index >= 15 is 0 Å². The minimum absolute atomic E-state index is 0. The molecule has 2 heterocycles. The molecule has 2 amide bonds. The van der Waals surface area contributed by atoms with Crippen molar-refractivity contribution in [2.24, 2.45) is 5.92 Å². The number of hydrogen-bond donors (Lipinski definition) is 1. The summed E-state index contributed by atoms with van der Waals surface area (Å²) in [6.45, 7) is 4.31. The number of amides is 2. The van der Waals surface area contributed by atoms with Crippen molar-refractivity contribution in [1.82, 2.24) is 20.1 Å². The molecule has 0 atom stereocenters. The Morgan fingerprint density at radius 1 is 0.971 bits per heavy atom. The molecule has 8 nitrogen and oxygen atoms in total. The van der Waals surface area contributed by atoms with Gasteiger partial charge in [0.1, 0.15) is 6.10 Å². The van der Waals surface area contributed by atoms with E-state index in [9.17, 15) is 9.59 Å². The molecule has 1 saturated carbocycles. The summed E-state index contributed by atoms with van der Waals surface area (Å²) in [5.74, 6) is 0.316. The molecular formula is C26H35ClN4O4. The van der Waals surface area contributed by atoms with Crippen molar-refractivity contribution in [2.45, 2.75) is 44.9 Å². The molecule has 9 heteroatoms. The van der Waals surface area contributed by atoms with Gasteiger partial charge in [-0.25, -0.2) is 9.59 Å². The van der Waals surface area contributed by atoms with E-state index in [1.807, 2.05) is 48.5 Å². The van der Waals surface area contributed by atoms with Gasteiger partial charge in [0.15, 0.2) is 0 Å². The number of halogens is 1. The first kappa shape index (κ1) is 26.8. The van der Waals surface area contributed by atoms with Gasteiger partial charge in [0.05, 0.1) is 18.8 Å². The van der Waals surface area contributed by atoms with Crippen LogP contribution in [0, 0.1) is 5.92 Å². The molecule has 4 rings (SSSR count). The standard InChI is InChI=1S/C26H34N4O4.ClH/c31-25(29-16-14-27-15-17-29)33-20-22-9-11-24(12-10-22)34-26(32)30(18-21-6-2-1-3-7-21)19-23-8-4-5-13-28-23;/h1-8,13,22,24,27H,9-12,14-20H2;1H. The Bertz CT molecular complexity index is 863. The highest BCUT2D eigenvalue weighted by Crippen LogP contribution is 2.27. The lowest BCUT2D eigenvalue weighted by Gasteiger charge is -2.31. The normalized spacial score (nSPS) is 19.8. The summed E-state index contributed by atoms with van der Waals surface area (Å²) < 4.78 is 11.4. The van der Waals surface area contributed by atoms with Gasteiger partial charge >= 0.3 is 12.2 Å².